The van der Waals surface area contributed by atoms with Crippen LogP contribution >= 0.6 is 15.9 Å². The Kier molecular flexibility index (Phi) is 7.37. The largest absolute Gasteiger partial charge is 0.493 e. The Morgan fingerprint density at radius 1 is 1.33 bits per heavy atom. The van der Waals surface area contributed by atoms with Crippen LogP contribution in [0.3, 0.4) is 0 Å². The molecule has 6 heteroatoms. The van der Waals surface area contributed by atoms with Crippen LogP contribution in [0.4, 0.5) is 0 Å². The van der Waals surface area contributed by atoms with E-state index < -0.39 is 0 Å². The lowest BCUT2D eigenvalue weighted by atomic mass is 9.96. The summed E-state index contributed by atoms with van der Waals surface area (Å²) in [5, 5.41) is 3.39. The zero-order chi connectivity index (χ0) is 17.5. The van der Waals surface area contributed by atoms with Crippen LogP contribution in [0.25, 0.3) is 0 Å². The summed E-state index contributed by atoms with van der Waals surface area (Å²) in [5.74, 6) is 1.94. The summed E-state index contributed by atoms with van der Waals surface area (Å²) in [7, 11) is 1.59. The SMILES string of the molecule is CCNCC1CCN(C(=O)c2cc(Br)c(OCC)c(OC)c2)CC1. The molecule has 1 aromatic rings. The first-order valence-corrected chi connectivity index (χ1v) is 9.40. The highest BCUT2D eigenvalue weighted by molar-refractivity contribution is 9.10. The number of benzene rings is 1. The summed E-state index contributed by atoms with van der Waals surface area (Å²) < 4.78 is 11.7. The fraction of sp³-hybridized carbons (Fsp3) is 0.611. The number of methoxy groups -OCH3 is 1. The monoisotopic (exact) mass is 398 g/mol. The van der Waals surface area contributed by atoms with Gasteiger partial charge in [-0.25, -0.2) is 0 Å². The van der Waals surface area contributed by atoms with Gasteiger partial charge >= 0.3 is 0 Å². The van der Waals surface area contributed by atoms with Gasteiger partial charge in [0.1, 0.15) is 0 Å². The van der Waals surface area contributed by atoms with E-state index in [1.54, 1.807) is 13.2 Å². The average molecular weight is 399 g/mol. The molecule has 0 bridgehead atoms. The quantitative estimate of drug-likeness (QED) is 0.765. The molecule has 1 saturated heterocycles. The van der Waals surface area contributed by atoms with Gasteiger partial charge in [0.15, 0.2) is 11.5 Å². The highest BCUT2D eigenvalue weighted by Gasteiger charge is 2.25. The zero-order valence-corrected chi connectivity index (χ0v) is 16.3. The van der Waals surface area contributed by atoms with Crippen LogP contribution < -0.4 is 14.8 Å². The maximum Gasteiger partial charge on any atom is 0.254 e. The molecule has 0 aromatic heterocycles. The zero-order valence-electron chi connectivity index (χ0n) is 14.7. The molecule has 1 aliphatic rings. The summed E-state index contributed by atoms with van der Waals surface area (Å²) in [6, 6.07) is 3.59. The standard InChI is InChI=1S/C18H27BrN2O3/c1-4-20-12-13-6-8-21(9-7-13)18(22)14-10-15(19)17(24-5-2)16(11-14)23-3/h10-11,13,20H,4-9,12H2,1-3H3. The minimum atomic E-state index is 0.0546. The molecule has 0 saturated carbocycles. The molecule has 1 amide bonds. The van der Waals surface area contributed by atoms with Crippen LogP contribution in [-0.4, -0.2) is 50.7 Å². The van der Waals surface area contributed by atoms with E-state index >= 15 is 0 Å². The summed E-state index contributed by atoms with van der Waals surface area (Å²) in [6.07, 6.45) is 2.10. The van der Waals surface area contributed by atoms with Crippen LogP contribution in [-0.2, 0) is 0 Å². The molecule has 0 aliphatic carbocycles. The number of piperidine rings is 1. The van der Waals surface area contributed by atoms with Crippen molar-refractivity contribution in [2.24, 2.45) is 5.92 Å². The van der Waals surface area contributed by atoms with Gasteiger partial charge < -0.3 is 19.7 Å². The van der Waals surface area contributed by atoms with E-state index in [0.717, 1.165) is 43.5 Å². The van der Waals surface area contributed by atoms with Crippen molar-refractivity contribution in [3.8, 4) is 11.5 Å². The summed E-state index contributed by atoms with van der Waals surface area (Å²) >= 11 is 3.49. The smallest absolute Gasteiger partial charge is 0.254 e. The molecule has 1 aliphatic heterocycles. The van der Waals surface area contributed by atoms with E-state index in [1.807, 2.05) is 17.9 Å². The molecule has 24 heavy (non-hydrogen) atoms. The number of likely N-dealkylation sites (tertiary alicyclic amines) is 1. The maximum atomic E-state index is 12.8. The molecule has 0 atom stereocenters. The van der Waals surface area contributed by atoms with Gasteiger partial charge in [-0.05, 0) is 66.8 Å². The van der Waals surface area contributed by atoms with E-state index in [0.29, 0.717) is 29.6 Å². The molecular weight excluding hydrogens is 372 g/mol. The number of nitrogens with zero attached hydrogens (tertiary/aromatic N) is 1. The average Bonchev–Trinajstić information content (AvgIpc) is 2.61. The topological polar surface area (TPSA) is 50.8 Å². The number of hydrogen-bond acceptors (Lipinski definition) is 4. The van der Waals surface area contributed by atoms with Crippen molar-refractivity contribution >= 4 is 21.8 Å². The Morgan fingerprint density at radius 2 is 2.04 bits per heavy atom. The number of ether oxygens (including phenoxy) is 2. The van der Waals surface area contributed by atoms with E-state index in [-0.39, 0.29) is 5.91 Å². The molecule has 2 rings (SSSR count). The predicted octanol–water partition coefficient (Wildman–Crippen LogP) is 3.32. The molecule has 0 spiro atoms. The molecular formula is C18H27BrN2O3. The van der Waals surface area contributed by atoms with Crippen molar-refractivity contribution in [2.45, 2.75) is 26.7 Å². The summed E-state index contributed by atoms with van der Waals surface area (Å²) in [5.41, 5.74) is 0.632. The molecule has 5 nitrogen and oxygen atoms in total. The molecule has 0 radical (unpaired) electrons. The lowest BCUT2D eigenvalue weighted by Gasteiger charge is -2.32. The van der Waals surface area contributed by atoms with Gasteiger partial charge in [0.2, 0.25) is 0 Å². The predicted molar refractivity (Wildman–Crippen MR) is 99.0 cm³/mol. The van der Waals surface area contributed by atoms with Crippen LogP contribution in [0.15, 0.2) is 16.6 Å². The second kappa shape index (κ2) is 9.28. The number of hydrogen-bond donors (Lipinski definition) is 1. The fourth-order valence-electron chi connectivity index (χ4n) is 3.00. The Hall–Kier alpha value is -1.27. The van der Waals surface area contributed by atoms with Crippen LogP contribution in [0.1, 0.15) is 37.0 Å². The van der Waals surface area contributed by atoms with Crippen molar-refractivity contribution < 1.29 is 14.3 Å². The third-order valence-corrected chi connectivity index (χ3v) is 4.94. The second-order valence-corrected chi connectivity index (χ2v) is 6.82. The van der Waals surface area contributed by atoms with Crippen molar-refractivity contribution in [2.75, 3.05) is 39.9 Å². The van der Waals surface area contributed by atoms with Gasteiger partial charge in [-0.1, -0.05) is 6.92 Å². The van der Waals surface area contributed by atoms with Gasteiger partial charge in [0.05, 0.1) is 18.2 Å². The molecule has 1 heterocycles. The molecule has 1 aromatic carbocycles. The molecule has 1 N–H and O–H groups in total. The molecule has 0 unspecified atom stereocenters. The van der Waals surface area contributed by atoms with Gasteiger partial charge in [0.25, 0.3) is 5.91 Å². The second-order valence-electron chi connectivity index (χ2n) is 5.97. The Balaban J connectivity index is 2.06. The number of carbonyl (C=O) groups is 1. The number of amides is 1. The van der Waals surface area contributed by atoms with Crippen molar-refractivity contribution in [3.63, 3.8) is 0 Å². The highest BCUT2D eigenvalue weighted by Crippen LogP contribution is 2.37. The Labute approximate surface area is 152 Å². The van der Waals surface area contributed by atoms with Crippen molar-refractivity contribution in [1.29, 1.82) is 0 Å². The van der Waals surface area contributed by atoms with Gasteiger partial charge in [-0.15, -0.1) is 0 Å². The summed E-state index contributed by atoms with van der Waals surface area (Å²) in [4.78, 5) is 14.7. The van der Waals surface area contributed by atoms with Crippen molar-refractivity contribution in [1.82, 2.24) is 10.2 Å². The third-order valence-electron chi connectivity index (χ3n) is 4.35. The molecule has 1 fully saturated rings. The Bertz CT molecular complexity index is 557. The Morgan fingerprint density at radius 3 is 2.62 bits per heavy atom. The molecule has 134 valence electrons. The van der Waals surface area contributed by atoms with E-state index in [4.69, 9.17) is 9.47 Å². The summed E-state index contributed by atoms with van der Waals surface area (Å²) in [6.45, 7) is 8.24. The van der Waals surface area contributed by atoms with Gasteiger partial charge in [-0.2, -0.15) is 0 Å². The van der Waals surface area contributed by atoms with E-state index in [1.165, 1.54) is 0 Å². The minimum absolute atomic E-state index is 0.0546. The third kappa shape index (κ3) is 4.63. The first-order chi connectivity index (χ1) is 11.6. The fourth-order valence-corrected chi connectivity index (χ4v) is 3.56. The van der Waals surface area contributed by atoms with E-state index in [2.05, 4.69) is 28.2 Å². The van der Waals surface area contributed by atoms with E-state index in [9.17, 15) is 4.79 Å². The van der Waals surface area contributed by atoms with Gasteiger partial charge in [-0.3, -0.25) is 4.79 Å². The first kappa shape index (κ1) is 19.1. The van der Waals surface area contributed by atoms with Crippen LogP contribution in [0.5, 0.6) is 11.5 Å². The maximum absolute atomic E-state index is 12.8. The van der Waals surface area contributed by atoms with Crippen LogP contribution in [0.2, 0.25) is 0 Å². The number of nitrogens with one attached hydrogen (secondary N) is 1. The van der Waals surface area contributed by atoms with Gasteiger partial charge in [0, 0.05) is 18.7 Å². The minimum Gasteiger partial charge on any atom is -0.493 e. The lowest BCUT2D eigenvalue weighted by molar-refractivity contribution is 0.0690. The first-order valence-electron chi connectivity index (χ1n) is 8.61. The number of rotatable bonds is 7. The number of halogens is 1. The lowest BCUT2D eigenvalue weighted by Crippen LogP contribution is -2.40. The number of carbonyl (C=O) groups excluding carboxylic acids is 1. The van der Waals surface area contributed by atoms with Crippen molar-refractivity contribution in [3.05, 3.63) is 22.2 Å². The van der Waals surface area contributed by atoms with Crippen LogP contribution in [0, 0.1) is 5.92 Å². The highest BCUT2D eigenvalue weighted by atomic mass is 79.9. The normalized spacial score (nSPS) is 15.4.